The van der Waals surface area contributed by atoms with E-state index in [4.69, 9.17) is 9.84 Å². The van der Waals surface area contributed by atoms with Crippen LogP contribution in [0.3, 0.4) is 0 Å². The maximum absolute atomic E-state index is 12.0. The van der Waals surface area contributed by atoms with Crippen LogP contribution in [0.2, 0.25) is 0 Å². The van der Waals surface area contributed by atoms with E-state index in [9.17, 15) is 9.59 Å². The second-order valence-electron chi connectivity index (χ2n) is 5.24. The molecule has 1 atom stereocenters. The lowest BCUT2D eigenvalue weighted by atomic mass is 10.2. The second-order valence-corrected chi connectivity index (χ2v) is 5.24. The highest BCUT2D eigenvalue weighted by Crippen LogP contribution is 2.19. The first kappa shape index (κ1) is 14.3. The fourth-order valence-corrected chi connectivity index (χ4v) is 2.67. The predicted molar refractivity (Wildman–Crippen MR) is 79.3 cm³/mol. The van der Waals surface area contributed by atoms with Crippen molar-refractivity contribution in [3.8, 4) is 0 Å². The first-order valence-electron chi connectivity index (χ1n) is 7.16. The number of likely N-dealkylation sites (tertiary alicyclic amines) is 1. The Morgan fingerprint density at radius 2 is 2.09 bits per heavy atom. The summed E-state index contributed by atoms with van der Waals surface area (Å²) in [7, 11) is 0. The van der Waals surface area contributed by atoms with Gasteiger partial charge in [-0.05, 0) is 25.0 Å². The van der Waals surface area contributed by atoms with Crippen LogP contribution < -0.4 is 0 Å². The number of aromatic nitrogens is 1. The van der Waals surface area contributed by atoms with E-state index < -0.39 is 18.1 Å². The van der Waals surface area contributed by atoms with E-state index in [0.29, 0.717) is 25.1 Å². The minimum Gasteiger partial charge on any atom is -0.465 e. The first-order chi connectivity index (χ1) is 10.6. The molecule has 0 unspecified atom stereocenters. The maximum Gasteiger partial charge on any atom is 0.408 e. The number of rotatable bonds is 3. The Labute approximate surface area is 127 Å². The van der Waals surface area contributed by atoms with Crippen molar-refractivity contribution in [2.24, 2.45) is 0 Å². The van der Waals surface area contributed by atoms with E-state index in [2.05, 4.69) is 4.98 Å². The van der Waals surface area contributed by atoms with Gasteiger partial charge < -0.3 is 9.84 Å². The maximum atomic E-state index is 12.0. The van der Waals surface area contributed by atoms with E-state index in [0.717, 1.165) is 15.8 Å². The van der Waals surface area contributed by atoms with Gasteiger partial charge in [0.2, 0.25) is 0 Å². The third-order valence-electron chi connectivity index (χ3n) is 3.79. The number of fused-ring (bicyclic) bond motifs is 1. The summed E-state index contributed by atoms with van der Waals surface area (Å²) in [6, 6.07) is 10.7. The van der Waals surface area contributed by atoms with E-state index in [1.54, 1.807) is 6.07 Å². The van der Waals surface area contributed by atoms with Crippen LogP contribution >= 0.6 is 0 Å². The SMILES string of the molecule is O=C(OCc1ccc2ccccc2n1)[C@@H]1CCCN1C(=O)O. The zero-order valence-electron chi connectivity index (χ0n) is 11.9. The molecule has 2 aromatic rings. The summed E-state index contributed by atoms with van der Waals surface area (Å²) in [5, 5.41) is 10.1. The average molecular weight is 300 g/mol. The standard InChI is InChI=1S/C16H16N2O4/c19-15(14-6-3-9-18(14)16(20)21)22-10-12-8-7-11-4-1-2-5-13(11)17-12/h1-2,4-5,7-8,14H,3,6,9-10H2,(H,20,21)/t14-/m0/s1. The summed E-state index contributed by atoms with van der Waals surface area (Å²) >= 11 is 0. The van der Waals surface area contributed by atoms with Crippen LogP contribution in [0.15, 0.2) is 36.4 Å². The molecule has 114 valence electrons. The van der Waals surface area contributed by atoms with Crippen LogP contribution in [0, 0.1) is 0 Å². The van der Waals surface area contributed by atoms with Gasteiger partial charge in [0.15, 0.2) is 0 Å². The number of hydrogen-bond acceptors (Lipinski definition) is 4. The molecular weight excluding hydrogens is 284 g/mol. The Bertz CT molecular complexity index is 716. The van der Waals surface area contributed by atoms with Gasteiger partial charge in [-0.2, -0.15) is 0 Å². The van der Waals surface area contributed by atoms with Crippen molar-refractivity contribution in [2.45, 2.75) is 25.5 Å². The van der Waals surface area contributed by atoms with Crippen molar-refractivity contribution in [1.29, 1.82) is 0 Å². The lowest BCUT2D eigenvalue weighted by Crippen LogP contribution is -2.40. The number of carbonyl (C=O) groups excluding carboxylic acids is 1. The molecule has 1 fully saturated rings. The molecule has 1 aliphatic rings. The molecule has 22 heavy (non-hydrogen) atoms. The number of amides is 1. The summed E-state index contributed by atoms with van der Waals surface area (Å²) in [5.74, 6) is -0.505. The predicted octanol–water partition coefficient (Wildman–Crippen LogP) is 2.42. The van der Waals surface area contributed by atoms with Crippen molar-refractivity contribution in [2.75, 3.05) is 6.54 Å². The number of ether oxygens (including phenoxy) is 1. The number of benzene rings is 1. The van der Waals surface area contributed by atoms with Crippen LogP contribution in [0.5, 0.6) is 0 Å². The molecule has 3 rings (SSSR count). The third-order valence-corrected chi connectivity index (χ3v) is 3.79. The largest absolute Gasteiger partial charge is 0.465 e. The van der Waals surface area contributed by atoms with Crippen LogP contribution in [-0.4, -0.2) is 39.6 Å². The average Bonchev–Trinajstić information content (AvgIpc) is 3.02. The first-order valence-corrected chi connectivity index (χ1v) is 7.16. The van der Waals surface area contributed by atoms with E-state index in [1.165, 1.54) is 0 Å². The Balaban J connectivity index is 1.66. The zero-order chi connectivity index (χ0) is 15.5. The van der Waals surface area contributed by atoms with Gasteiger partial charge in [0, 0.05) is 11.9 Å². The summed E-state index contributed by atoms with van der Waals surface area (Å²) in [4.78, 5) is 28.6. The third kappa shape index (κ3) is 2.86. The molecule has 0 radical (unpaired) electrons. The van der Waals surface area contributed by atoms with Gasteiger partial charge in [0.05, 0.1) is 11.2 Å². The molecule has 0 saturated carbocycles. The minimum atomic E-state index is -1.08. The van der Waals surface area contributed by atoms with Crippen molar-refractivity contribution >= 4 is 23.0 Å². The Kier molecular flexibility index (Phi) is 3.91. The molecule has 0 bridgehead atoms. The molecule has 0 aliphatic carbocycles. The van der Waals surface area contributed by atoms with Gasteiger partial charge in [-0.1, -0.05) is 24.3 Å². The Hall–Kier alpha value is -2.63. The van der Waals surface area contributed by atoms with Crippen LogP contribution in [0.1, 0.15) is 18.5 Å². The quantitative estimate of drug-likeness (QED) is 0.881. The number of carboxylic acid groups (broad SMARTS) is 1. The molecule has 0 spiro atoms. The van der Waals surface area contributed by atoms with Crippen molar-refractivity contribution in [3.63, 3.8) is 0 Å². The lowest BCUT2D eigenvalue weighted by molar-refractivity contribution is -0.149. The molecule has 1 saturated heterocycles. The van der Waals surface area contributed by atoms with Gasteiger partial charge in [-0.25, -0.2) is 14.6 Å². The number of nitrogens with zero attached hydrogens (tertiary/aromatic N) is 2. The van der Waals surface area contributed by atoms with Crippen molar-refractivity contribution < 1.29 is 19.4 Å². The number of hydrogen-bond donors (Lipinski definition) is 1. The van der Waals surface area contributed by atoms with Crippen LogP contribution in [-0.2, 0) is 16.1 Å². The van der Waals surface area contributed by atoms with E-state index in [-0.39, 0.29) is 6.61 Å². The highest BCUT2D eigenvalue weighted by Gasteiger charge is 2.35. The smallest absolute Gasteiger partial charge is 0.408 e. The molecule has 1 N–H and O–H groups in total. The second kappa shape index (κ2) is 6.01. The number of carbonyl (C=O) groups is 2. The van der Waals surface area contributed by atoms with Gasteiger partial charge in [-0.3, -0.25) is 4.90 Å². The highest BCUT2D eigenvalue weighted by molar-refractivity contribution is 5.81. The van der Waals surface area contributed by atoms with Crippen molar-refractivity contribution in [1.82, 2.24) is 9.88 Å². The highest BCUT2D eigenvalue weighted by atomic mass is 16.5. The van der Waals surface area contributed by atoms with E-state index in [1.807, 2.05) is 30.3 Å². The van der Waals surface area contributed by atoms with Gasteiger partial charge in [0.25, 0.3) is 0 Å². The monoisotopic (exact) mass is 300 g/mol. The van der Waals surface area contributed by atoms with Gasteiger partial charge in [-0.15, -0.1) is 0 Å². The minimum absolute atomic E-state index is 0.0492. The molecule has 1 aromatic carbocycles. The van der Waals surface area contributed by atoms with Crippen LogP contribution in [0.25, 0.3) is 10.9 Å². The molecule has 1 amide bonds. The zero-order valence-corrected chi connectivity index (χ0v) is 11.9. The normalized spacial score (nSPS) is 17.6. The summed E-state index contributed by atoms with van der Waals surface area (Å²) < 4.78 is 5.23. The van der Waals surface area contributed by atoms with Crippen molar-refractivity contribution in [3.05, 3.63) is 42.1 Å². The number of para-hydroxylation sites is 1. The molecule has 1 aliphatic heterocycles. The Morgan fingerprint density at radius 3 is 2.91 bits per heavy atom. The fraction of sp³-hybridized carbons (Fsp3) is 0.312. The molecular formula is C16H16N2O4. The molecule has 2 heterocycles. The number of pyridine rings is 1. The van der Waals surface area contributed by atoms with Gasteiger partial charge >= 0.3 is 12.1 Å². The topological polar surface area (TPSA) is 79.7 Å². The summed E-state index contributed by atoms with van der Waals surface area (Å²) in [6.45, 7) is 0.428. The molecule has 6 nitrogen and oxygen atoms in total. The summed E-state index contributed by atoms with van der Waals surface area (Å²) in [5.41, 5.74) is 1.48. The fourth-order valence-electron chi connectivity index (χ4n) is 2.67. The Morgan fingerprint density at radius 1 is 1.27 bits per heavy atom. The van der Waals surface area contributed by atoms with Gasteiger partial charge in [0.1, 0.15) is 12.6 Å². The molecule has 6 heteroatoms. The van der Waals surface area contributed by atoms with Crippen LogP contribution in [0.4, 0.5) is 4.79 Å². The van der Waals surface area contributed by atoms with E-state index >= 15 is 0 Å². The lowest BCUT2D eigenvalue weighted by Gasteiger charge is -2.19. The summed E-state index contributed by atoms with van der Waals surface area (Å²) in [6.07, 6.45) is 0.111. The molecule has 1 aromatic heterocycles. The number of esters is 1.